The molecule has 0 unspecified atom stereocenters. The Labute approximate surface area is 95.6 Å². The molecule has 0 aromatic heterocycles. The monoisotopic (exact) mass is 223 g/mol. The maximum absolute atomic E-state index is 10.8. The maximum Gasteiger partial charge on any atom is 0.406 e. The Bertz CT molecular complexity index is 339. The van der Waals surface area contributed by atoms with Crippen molar-refractivity contribution in [2.45, 2.75) is 13.3 Å². The van der Waals surface area contributed by atoms with Gasteiger partial charge in [0.25, 0.3) is 0 Å². The standard InChI is InChI=1S/C12H17NO3/c1-3-10-6-4-5-7-11(10)16-9-8-13-12(14)15-2/h4-7H,3,8-9H2,1-2H3,(H,13,14). The van der Waals surface area contributed by atoms with E-state index in [1.165, 1.54) is 12.7 Å². The van der Waals surface area contributed by atoms with Crippen LogP contribution in [0.2, 0.25) is 0 Å². The summed E-state index contributed by atoms with van der Waals surface area (Å²) in [6.07, 6.45) is 0.494. The zero-order valence-electron chi connectivity index (χ0n) is 9.66. The summed E-state index contributed by atoms with van der Waals surface area (Å²) in [5, 5.41) is 2.55. The molecule has 1 aromatic rings. The van der Waals surface area contributed by atoms with Gasteiger partial charge in [0.1, 0.15) is 12.4 Å². The zero-order valence-corrected chi connectivity index (χ0v) is 9.66. The summed E-state index contributed by atoms with van der Waals surface area (Å²) in [5.74, 6) is 0.872. The van der Waals surface area contributed by atoms with Crippen molar-refractivity contribution >= 4 is 6.09 Å². The van der Waals surface area contributed by atoms with Gasteiger partial charge in [0.15, 0.2) is 0 Å². The SMILES string of the molecule is CCc1ccccc1OCCNC(=O)OC. The Kier molecular flexibility index (Phi) is 5.19. The normalized spacial score (nSPS) is 9.62. The number of methoxy groups -OCH3 is 1. The topological polar surface area (TPSA) is 47.6 Å². The molecule has 0 radical (unpaired) electrons. The van der Waals surface area contributed by atoms with Crippen LogP contribution in [0.25, 0.3) is 0 Å². The molecule has 0 aliphatic carbocycles. The number of para-hydroxylation sites is 1. The summed E-state index contributed by atoms with van der Waals surface area (Å²) in [5.41, 5.74) is 1.17. The average molecular weight is 223 g/mol. The second-order valence-corrected chi connectivity index (χ2v) is 3.23. The minimum atomic E-state index is -0.438. The Balaban J connectivity index is 2.34. The lowest BCUT2D eigenvalue weighted by atomic mass is 10.1. The average Bonchev–Trinajstić information content (AvgIpc) is 2.34. The molecule has 0 atom stereocenters. The molecule has 1 aromatic carbocycles. The van der Waals surface area contributed by atoms with Gasteiger partial charge in [0.2, 0.25) is 0 Å². The van der Waals surface area contributed by atoms with E-state index in [9.17, 15) is 4.79 Å². The first-order valence-corrected chi connectivity index (χ1v) is 5.30. The van der Waals surface area contributed by atoms with Crippen molar-refractivity contribution in [2.75, 3.05) is 20.3 Å². The minimum Gasteiger partial charge on any atom is -0.491 e. The van der Waals surface area contributed by atoms with Crippen LogP contribution in [0.5, 0.6) is 5.75 Å². The quantitative estimate of drug-likeness (QED) is 0.776. The molecule has 16 heavy (non-hydrogen) atoms. The second kappa shape index (κ2) is 6.71. The highest BCUT2D eigenvalue weighted by molar-refractivity contribution is 5.66. The van der Waals surface area contributed by atoms with Crippen LogP contribution < -0.4 is 10.1 Å². The number of alkyl carbamates (subject to hydrolysis) is 1. The minimum absolute atomic E-state index is 0.435. The summed E-state index contributed by atoms with van der Waals surface area (Å²) in [7, 11) is 1.34. The van der Waals surface area contributed by atoms with Gasteiger partial charge in [-0.1, -0.05) is 25.1 Å². The van der Waals surface area contributed by atoms with E-state index in [-0.39, 0.29) is 0 Å². The number of benzene rings is 1. The van der Waals surface area contributed by atoms with Crippen LogP contribution in [0.3, 0.4) is 0 Å². The zero-order chi connectivity index (χ0) is 11.8. The molecule has 1 amide bonds. The molecule has 0 saturated carbocycles. The lowest BCUT2D eigenvalue weighted by molar-refractivity contribution is 0.168. The van der Waals surface area contributed by atoms with Crippen molar-refractivity contribution in [1.82, 2.24) is 5.32 Å². The molecule has 88 valence electrons. The van der Waals surface area contributed by atoms with E-state index < -0.39 is 6.09 Å². The Hall–Kier alpha value is -1.71. The van der Waals surface area contributed by atoms with Crippen LogP contribution in [-0.4, -0.2) is 26.4 Å². The number of nitrogens with one attached hydrogen (secondary N) is 1. The Morgan fingerprint density at radius 3 is 2.81 bits per heavy atom. The number of aryl methyl sites for hydroxylation is 1. The van der Waals surface area contributed by atoms with Crippen LogP contribution in [0.4, 0.5) is 4.79 Å². The van der Waals surface area contributed by atoms with Crippen molar-refractivity contribution in [1.29, 1.82) is 0 Å². The third kappa shape index (κ3) is 3.81. The highest BCUT2D eigenvalue weighted by Gasteiger charge is 2.01. The van der Waals surface area contributed by atoms with Crippen molar-refractivity contribution in [2.24, 2.45) is 0 Å². The molecule has 0 bridgehead atoms. The van der Waals surface area contributed by atoms with Crippen molar-refractivity contribution in [3.05, 3.63) is 29.8 Å². The van der Waals surface area contributed by atoms with E-state index in [0.717, 1.165) is 12.2 Å². The number of rotatable bonds is 5. The van der Waals surface area contributed by atoms with Crippen LogP contribution in [0.1, 0.15) is 12.5 Å². The third-order valence-electron chi connectivity index (χ3n) is 2.17. The van der Waals surface area contributed by atoms with Gasteiger partial charge in [-0.2, -0.15) is 0 Å². The fourth-order valence-corrected chi connectivity index (χ4v) is 1.32. The molecule has 0 aliphatic heterocycles. The number of carbonyl (C=O) groups is 1. The largest absolute Gasteiger partial charge is 0.491 e. The molecule has 1 N–H and O–H groups in total. The molecule has 4 nitrogen and oxygen atoms in total. The first kappa shape index (κ1) is 12.4. The molecule has 0 fully saturated rings. The number of amides is 1. The first-order valence-electron chi connectivity index (χ1n) is 5.30. The van der Waals surface area contributed by atoms with E-state index >= 15 is 0 Å². The third-order valence-corrected chi connectivity index (χ3v) is 2.17. The Morgan fingerprint density at radius 1 is 1.38 bits per heavy atom. The van der Waals surface area contributed by atoms with Gasteiger partial charge in [0, 0.05) is 0 Å². The predicted octanol–water partition coefficient (Wildman–Crippen LogP) is 1.98. The first-order chi connectivity index (χ1) is 7.77. The van der Waals surface area contributed by atoms with Gasteiger partial charge in [-0.25, -0.2) is 4.79 Å². The number of carbonyl (C=O) groups excluding carboxylic acids is 1. The molecule has 0 aliphatic rings. The molecular weight excluding hydrogens is 206 g/mol. The molecular formula is C12H17NO3. The van der Waals surface area contributed by atoms with Gasteiger partial charge in [-0.05, 0) is 18.1 Å². The highest BCUT2D eigenvalue weighted by atomic mass is 16.5. The fourth-order valence-electron chi connectivity index (χ4n) is 1.32. The number of ether oxygens (including phenoxy) is 2. The number of hydrogen-bond donors (Lipinski definition) is 1. The predicted molar refractivity (Wildman–Crippen MR) is 61.7 cm³/mol. The van der Waals surface area contributed by atoms with Crippen molar-refractivity contribution in [3.8, 4) is 5.75 Å². The maximum atomic E-state index is 10.8. The molecule has 4 heteroatoms. The van der Waals surface area contributed by atoms with Crippen LogP contribution in [-0.2, 0) is 11.2 Å². The van der Waals surface area contributed by atoms with Crippen LogP contribution >= 0.6 is 0 Å². The van der Waals surface area contributed by atoms with E-state index in [0.29, 0.717) is 13.2 Å². The van der Waals surface area contributed by atoms with Gasteiger partial charge in [-0.3, -0.25) is 0 Å². The molecule has 0 heterocycles. The van der Waals surface area contributed by atoms with Gasteiger partial charge < -0.3 is 14.8 Å². The summed E-state index contributed by atoms with van der Waals surface area (Å²) in [6, 6.07) is 7.88. The Morgan fingerprint density at radius 2 is 2.12 bits per heavy atom. The summed E-state index contributed by atoms with van der Waals surface area (Å²) < 4.78 is 9.99. The molecule has 1 rings (SSSR count). The second-order valence-electron chi connectivity index (χ2n) is 3.23. The highest BCUT2D eigenvalue weighted by Crippen LogP contribution is 2.17. The molecule has 0 spiro atoms. The van der Waals surface area contributed by atoms with Gasteiger partial charge in [0.05, 0.1) is 13.7 Å². The lowest BCUT2D eigenvalue weighted by Crippen LogP contribution is -2.27. The van der Waals surface area contributed by atoms with Crippen LogP contribution in [0.15, 0.2) is 24.3 Å². The van der Waals surface area contributed by atoms with E-state index in [1.807, 2.05) is 24.3 Å². The van der Waals surface area contributed by atoms with E-state index in [4.69, 9.17) is 4.74 Å². The smallest absolute Gasteiger partial charge is 0.406 e. The van der Waals surface area contributed by atoms with Gasteiger partial charge in [-0.15, -0.1) is 0 Å². The summed E-state index contributed by atoms with van der Waals surface area (Å²) in [6.45, 7) is 2.95. The summed E-state index contributed by atoms with van der Waals surface area (Å²) >= 11 is 0. The van der Waals surface area contributed by atoms with E-state index in [1.54, 1.807) is 0 Å². The number of hydrogen-bond acceptors (Lipinski definition) is 3. The van der Waals surface area contributed by atoms with Crippen LogP contribution in [0, 0.1) is 0 Å². The van der Waals surface area contributed by atoms with E-state index in [2.05, 4.69) is 17.0 Å². The fraction of sp³-hybridized carbons (Fsp3) is 0.417. The lowest BCUT2D eigenvalue weighted by Gasteiger charge is -2.10. The van der Waals surface area contributed by atoms with Gasteiger partial charge >= 0.3 is 6.09 Å². The summed E-state index contributed by atoms with van der Waals surface area (Å²) in [4.78, 5) is 10.8. The van der Waals surface area contributed by atoms with Crippen molar-refractivity contribution in [3.63, 3.8) is 0 Å². The van der Waals surface area contributed by atoms with Crippen molar-refractivity contribution < 1.29 is 14.3 Å². The molecule has 0 saturated heterocycles.